The van der Waals surface area contributed by atoms with E-state index in [-0.39, 0.29) is 0 Å². The van der Waals surface area contributed by atoms with Crippen molar-refractivity contribution in [2.24, 2.45) is 0 Å². The van der Waals surface area contributed by atoms with Gasteiger partial charge in [-0.15, -0.1) is 0 Å². The van der Waals surface area contributed by atoms with Crippen LogP contribution in [0.15, 0.2) is 36.4 Å². The number of aromatic hydroxyl groups is 15. The van der Waals surface area contributed by atoms with Crippen LogP contribution in [0.3, 0.4) is 0 Å². The molecule has 5 atom stereocenters. The number of ether oxygens (including phenoxy) is 5. The molecule has 8 rings (SSSR count). The zero-order valence-electron chi connectivity index (χ0n) is 33.1. The molecule has 15 N–H and O–H groups in total. The lowest BCUT2D eigenvalue weighted by molar-refractivity contribution is -0.227. The van der Waals surface area contributed by atoms with E-state index in [1.54, 1.807) is 0 Å². The Hall–Kier alpha value is -9.39. The van der Waals surface area contributed by atoms with Gasteiger partial charge in [-0.05, 0) is 36.4 Å². The molecule has 25 nitrogen and oxygen atoms in total. The average Bonchev–Trinajstić information content (AvgIpc) is 3.29. The smallest absolute Gasteiger partial charge is 0.339 e. The molecule has 5 aromatic rings. The van der Waals surface area contributed by atoms with Crippen LogP contribution in [0.2, 0.25) is 0 Å². The Morgan fingerprint density at radius 1 is 0.418 bits per heavy atom. The van der Waals surface area contributed by atoms with Crippen molar-refractivity contribution < 1.29 is 124 Å². The number of hydrogen-bond donors (Lipinski definition) is 15. The van der Waals surface area contributed by atoms with Crippen LogP contribution < -0.4 is 0 Å². The number of Topliss-reactive ketones (excluding diaryl/α,β-unsaturated/α-hetero) is 1. The lowest BCUT2D eigenvalue weighted by Gasteiger charge is -2.45. The van der Waals surface area contributed by atoms with Crippen LogP contribution in [0.5, 0.6) is 86.2 Å². The molecule has 5 aromatic carbocycles. The summed E-state index contributed by atoms with van der Waals surface area (Å²) in [5, 5.41) is 159. The van der Waals surface area contributed by atoms with Crippen molar-refractivity contribution in [1.82, 2.24) is 0 Å². The van der Waals surface area contributed by atoms with Gasteiger partial charge >= 0.3 is 23.9 Å². The van der Waals surface area contributed by atoms with Crippen LogP contribution in [0.4, 0.5) is 0 Å². The molecule has 3 heterocycles. The van der Waals surface area contributed by atoms with Gasteiger partial charge in [0, 0.05) is 34.2 Å². The first kappa shape index (κ1) is 44.2. The predicted molar refractivity (Wildman–Crippen MR) is 211 cm³/mol. The Balaban J connectivity index is 1.37. The lowest BCUT2D eigenvalue weighted by Crippen LogP contribution is -2.63. The fourth-order valence-electron chi connectivity index (χ4n) is 7.80. The Bertz CT molecular complexity index is 3020. The van der Waals surface area contributed by atoms with E-state index in [0.29, 0.717) is 36.4 Å². The Morgan fingerprint density at radius 3 is 1.13 bits per heavy atom. The number of phenols is 15. The zero-order chi connectivity index (χ0) is 48.8. The number of hydrogen-bond acceptors (Lipinski definition) is 25. The van der Waals surface area contributed by atoms with Crippen molar-refractivity contribution in [2.45, 2.75) is 36.9 Å². The number of ketones is 1. The van der Waals surface area contributed by atoms with Gasteiger partial charge in [0.05, 0.1) is 22.3 Å². The maximum atomic E-state index is 14.5. The van der Waals surface area contributed by atoms with Crippen molar-refractivity contribution in [2.75, 3.05) is 6.61 Å². The maximum Gasteiger partial charge on any atom is 0.339 e. The van der Waals surface area contributed by atoms with Crippen LogP contribution in [0, 0.1) is 0 Å². The number of carbonyl (C=O) groups excluding carboxylic acids is 5. The molecule has 3 aliphatic heterocycles. The SMILES string of the molecule is O=C(CC1OC2COC(=O)c3cc(O)c(O)c(O)c3-c3c(cc(O)c(O)c3O)C(=O)OC2C2OC(=O)c3cc(O)c(O)c(O)c3-c3c(cc(O)c(O)c3O)C(=O)OC12)c1cc(O)c(O)c(O)c1. The molecule has 67 heavy (non-hydrogen) atoms. The third kappa shape index (κ3) is 6.97. The lowest BCUT2D eigenvalue weighted by atomic mass is 9.88. The molecule has 0 spiro atoms. The minimum absolute atomic E-state index is 0.433. The molecule has 0 aromatic heterocycles. The standard InChI is InChI=1S/C42H30O25/c43-14(9-1-15(44)27(50)16(45)2-9)7-21-36-38(67-42(62)13-6-20(49)31(54)35(58)26(13)25-12(40(60)65-36)5-19(48)30(53)34(25)57)37-22(64-21)8-63-39(59)10-3-17(46)28(51)32(55)23(10)24-11(41(61)66-37)4-18(47)29(52)33(24)56/h1-6,21-22,36-38,44-58H,7-8H2. The van der Waals surface area contributed by atoms with E-state index in [1.165, 1.54) is 0 Å². The van der Waals surface area contributed by atoms with Gasteiger partial charge in [0.2, 0.25) is 23.0 Å². The highest BCUT2D eigenvalue weighted by Crippen LogP contribution is 2.55. The Kier molecular flexibility index (Phi) is 10.4. The highest BCUT2D eigenvalue weighted by molar-refractivity contribution is 6.10. The summed E-state index contributed by atoms with van der Waals surface area (Å²) in [4.78, 5) is 71.1. The van der Waals surface area contributed by atoms with Gasteiger partial charge in [-0.1, -0.05) is 0 Å². The molecule has 5 unspecified atom stereocenters. The van der Waals surface area contributed by atoms with Crippen LogP contribution in [-0.2, 0) is 23.7 Å². The normalized spacial score (nSPS) is 20.1. The third-order valence-electron chi connectivity index (χ3n) is 11.0. The third-order valence-corrected chi connectivity index (χ3v) is 11.0. The number of carbonyl (C=O) groups is 5. The van der Waals surface area contributed by atoms with Gasteiger partial charge in [-0.3, -0.25) is 4.79 Å². The van der Waals surface area contributed by atoms with Crippen molar-refractivity contribution in [3.8, 4) is 108 Å². The van der Waals surface area contributed by atoms with E-state index in [2.05, 4.69) is 0 Å². The first-order valence-electron chi connectivity index (χ1n) is 18.9. The summed E-state index contributed by atoms with van der Waals surface area (Å²) in [5.74, 6) is -27.0. The summed E-state index contributed by atoms with van der Waals surface area (Å²) >= 11 is 0. The molecular formula is C42H30O25. The predicted octanol–water partition coefficient (Wildman–Crippen LogP) is 2.11. The Labute approximate surface area is 369 Å². The number of cyclic esters (lactones) is 1. The molecule has 0 amide bonds. The number of rotatable bonds is 3. The van der Waals surface area contributed by atoms with E-state index in [1.807, 2.05) is 0 Å². The van der Waals surface area contributed by atoms with Crippen molar-refractivity contribution >= 4 is 29.7 Å². The molecule has 3 aliphatic rings. The van der Waals surface area contributed by atoms with E-state index >= 15 is 0 Å². The molecule has 1 saturated heterocycles. The summed E-state index contributed by atoms with van der Waals surface area (Å²) in [7, 11) is 0. The van der Waals surface area contributed by atoms with Gasteiger partial charge in [-0.2, -0.15) is 0 Å². The van der Waals surface area contributed by atoms with E-state index in [4.69, 9.17) is 23.7 Å². The van der Waals surface area contributed by atoms with E-state index in [9.17, 15) is 101 Å². The topological polar surface area (TPSA) is 435 Å². The second-order valence-electron chi connectivity index (χ2n) is 15.0. The maximum absolute atomic E-state index is 14.5. The summed E-state index contributed by atoms with van der Waals surface area (Å²) in [6.07, 6.45) is -12.2. The number of fused-ring (bicyclic) bond motifs is 9. The van der Waals surface area contributed by atoms with Crippen molar-refractivity contribution in [3.05, 3.63) is 64.2 Å². The molecule has 0 saturated carbocycles. The number of benzene rings is 5. The second kappa shape index (κ2) is 15.7. The van der Waals surface area contributed by atoms with E-state index in [0.717, 1.165) is 0 Å². The van der Waals surface area contributed by atoms with Crippen LogP contribution in [0.25, 0.3) is 22.3 Å². The molecule has 0 bridgehead atoms. The van der Waals surface area contributed by atoms with Gasteiger partial charge in [0.25, 0.3) is 0 Å². The number of phenolic OH excluding ortho intramolecular Hbond substituents is 15. The number of esters is 4. The van der Waals surface area contributed by atoms with Crippen molar-refractivity contribution in [3.63, 3.8) is 0 Å². The molecule has 1 fully saturated rings. The molecule has 0 aliphatic carbocycles. The highest BCUT2D eigenvalue weighted by Gasteiger charge is 2.55. The van der Waals surface area contributed by atoms with Gasteiger partial charge in [0.1, 0.15) is 18.8 Å². The Morgan fingerprint density at radius 2 is 0.746 bits per heavy atom. The fourth-order valence-corrected chi connectivity index (χ4v) is 7.80. The first-order chi connectivity index (χ1) is 31.5. The molecule has 348 valence electrons. The quantitative estimate of drug-likeness (QED) is 0.0533. The van der Waals surface area contributed by atoms with Gasteiger partial charge in [-0.25, -0.2) is 19.2 Å². The summed E-state index contributed by atoms with van der Waals surface area (Å²) in [6.45, 7) is -1.17. The average molecular weight is 935 g/mol. The largest absolute Gasteiger partial charge is 0.504 e. The van der Waals surface area contributed by atoms with Crippen LogP contribution in [0.1, 0.15) is 58.2 Å². The van der Waals surface area contributed by atoms with Crippen molar-refractivity contribution in [1.29, 1.82) is 0 Å². The minimum atomic E-state index is -2.39. The van der Waals surface area contributed by atoms with Crippen LogP contribution >= 0.6 is 0 Å². The van der Waals surface area contributed by atoms with Crippen LogP contribution in [-0.4, -0.2) is 143 Å². The summed E-state index contributed by atoms with van der Waals surface area (Å²) in [6, 6.07) is 3.21. The highest BCUT2D eigenvalue weighted by atomic mass is 16.7. The zero-order valence-corrected chi connectivity index (χ0v) is 33.1. The first-order valence-corrected chi connectivity index (χ1v) is 18.9. The second-order valence-corrected chi connectivity index (χ2v) is 15.0. The van der Waals surface area contributed by atoms with E-state index < -0.39 is 210 Å². The molecule has 0 radical (unpaired) electrons. The van der Waals surface area contributed by atoms with Gasteiger partial charge in [0.15, 0.2) is 87.3 Å². The van der Waals surface area contributed by atoms with Gasteiger partial charge < -0.3 is 100 Å². The molecule has 25 heteroatoms. The molecular weight excluding hydrogens is 904 g/mol. The minimum Gasteiger partial charge on any atom is -0.504 e. The summed E-state index contributed by atoms with van der Waals surface area (Å²) in [5.41, 5.74) is -8.81. The monoisotopic (exact) mass is 934 g/mol. The summed E-state index contributed by atoms with van der Waals surface area (Å²) < 4.78 is 28.7. The fraction of sp³-hybridized carbons (Fsp3) is 0.167.